The quantitative estimate of drug-likeness (QED) is 0.383. The molecule has 6 heterocycles. The Bertz CT molecular complexity index is 1540. The Kier molecular flexibility index (Phi) is 5.35. The number of pyridine rings is 1. The number of halogens is 3. The molecule has 0 radical (unpaired) electrons. The van der Waals surface area contributed by atoms with Gasteiger partial charge in [-0.3, -0.25) is 14.3 Å². The van der Waals surface area contributed by atoms with Crippen molar-refractivity contribution >= 4 is 17.4 Å². The number of rotatable bonds is 4. The Hall–Kier alpha value is -4.75. The fraction of sp³-hybridized carbons (Fsp3) is 0.217. The van der Waals surface area contributed by atoms with Crippen LogP contribution in [0.2, 0.25) is 0 Å². The zero-order valence-corrected chi connectivity index (χ0v) is 19.1. The minimum Gasteiger partial charge on any atom is -0.352 e. The average molecular weight is 508 g/mol. The van der Waals surface area contributed by atoms with Crippen LogP contribution < -0.4 is 4.90 Å². The molecule has 0 aliphatic carbocycles. The van der Waals surface area contributed by atoms with Crippen LogP contribution in [0.4, 0.5) is 19.0 Å². The number of hydrogen-bond donors (Lipinski definition) is 2. The summed E-state index contributed by atoms with van der Waals surface area (Å²) in [4.78, 5) is 36.9. The number of imidazole rings is 2. The van der Waals surface area contributed by atoms with Crippen LogP contribution in [-0.2, 0) is 6.18 Å². The second-order valence-corrected chi connectivity index (χ2v) is 8.47. The summed E-state index contributed by atoms with van der Waals surface area (Å²) in [7, 11) is 0. The van der Waals surface area contributed by atoms with Crippen molar-refractivity contribution in [2.45, 2.75) is 12.2 Å². The molecule has 11 nitrogen and oxygen atoms in total. The molecule has 0 saturated carbocycles. The monoisotopic (exact) mass is 508 g/mol. The zero-order chi connectivity index (χ0) is 25.6. The van der Waals surface area contributed by atoms with Gasteiger partial charge in [0.05, 0.1) is 30.3 Å². The van der Waals surface area contributed by atoms with E-state index < -0.39 is 11.7 Å². The van der Waals surface area contributed by atoms with Crippen molar-refractivity contribution in [3.63, 3.8) is 0 Å². The third kappa shape index (κ3) is 4.15. The van der Waals surface area contributed by atoms with Gasteiger partial charge in [-0.05, 0) is 18.2 Å². The predicted octanol–water partition coefficient (Wildman–Crippen LogP) is 2.96. The van der Waals surface area contributed by atoms with Crippen molar-refractivity contribution in [1.82, 2.24) is 44.4 Å². The Morgan fingerprint density at radius 2 is 1.95 bits per heavy atom. The van der Waals surface area contributed by atoms with Gasteiger partial charge in [0, 0.05) is 50.0 Å². The molecule has 1 aliphatic heterocycles. The Morgan fingerprint density at radius 3 is 2.70 bits per heavy atom. The molecule has 37 heavy (non-hydrogen) atoms. The van der Waals surface area contributed by atoms with E-state index >= 15 is 0 Å². The maximum Gasteiger partial charge on any atom is 0.417 e. The Balaban J connectivity index is 1.32. The van der Waals surface area contributed by atoms with E-state index in [4.69, 9.17) is 0 Å². The lowest BCUT2D eigenvalue weighted by atomic mass is 10.1. The van der Waals surface area contributed by atoms with Gasteiger partial charge in [-0.1, -0.05) is 0 Å². The molecule has 14 heteroatoms. The first-order chi connectivity index (χ1) is 17.9. The van der Waals surface area contributed by atoms with E-state index in [1.54, 1.807) is 35.8 Å². The molecule has 6 rings (SSSR count). The van der Waals surface area contributed by atoms with E-state index in [1.807, 2.05) is 4.90 Å². The molecule has 1 atom stereocenters. The van der Waals surface area contributed by atoms with Crippen molar-refractivity contribution in [1.29, 1.82) is 0 Å². The largest absolute Gasteiger partial charge is 0.417 e. The second-order valence-electron chi connectivity index (χ2n) is 8.47. The number of alkyl halides is 3. The van der Waals surface area contributed by atoms with Crippen molar-refractivity contribution in [2.75, 3.05) is 24.5 Å². The number of piperazine rings is 1. The number of fused-ring (bicyclic) bond motifs is 1. The van der Waals surface area contributed by atoms with Crippen LogP contribution in [0.5, 0.6) is 0 Å². The highest BCUT2D eigenvalue weighted by molar-refractivity contribution is 5.92. The first-order valence-electron chi connectivity index (χ1n) is 11.3. The minimum absolute atomic E-state index is 0.207. The number of carbonyl (C=O) groups is 1. The van der Waals surface area contributed by atoms with E-state index in [0.717, 1.165) is 17.8 Å². The van der Waals surface area contributed by atoms with Crippen LogP contribution in [-0.4, -0.2) is 70.0 Å². The van der Waals surface area contributed by atoms with Gasteiger partial charge in [0.2, 0.25) is 0 Å². The fourth-order valence-electron chi connectivity index (χ4n) is 4.45. The molecule has 0 bridgehead atoms. The van der Waals surface area contributed by atoms with Gasteiger partial charge in [-0.2, -0.15) is 18.3 Å². The van der Waals surface area contributed by atoms with Gasteiger partial charge in [-0.25, -0.2) is 19.9 Å². The summed E-state index contributed by atoms with van der Waals surface area (Å²) in [6.07, 6.45) is 5.91. The topological polar surface area (TPSA) is 124 Å². The van der Waals surface area contributed by atoms with E-state index in [0.29, 0.717) is 42.5 Å². The summed E-state index contributed by atoms with van der Waals surface area (Å²) in [5.74, 6) is 0.605. The number of amides is 1. The molecule has 1 amide bonds. The molecule has 1 saturated heterocycles. The summed E-state index contributed by atoms with van der Waals surface area (Å²) in [5.41, 5.74) is 1.03. The third-order valence-electron chi connectivity index (χ3n) is 6.29. The number of carbonyl (C=O) groups excluding carboxylic acids is 1. The van der Waals surface area contributed by atoms with Crippen LogP contribution in [0, 0.1) is 0 Å². The van der Waals surface area contributed by atoms with Crippen LogP contribution in [0.1, 0.15) is 27.7 Å². The van der Waals surface area contributed by atoms with Gasteiger partial charge in [0.1, 0.15) is 22.9 Å². The zero-order valence-electron chi connectivity index (χ0n) is 19.1. The smallest absolute Gasteiger partial charge is 0.352 e. The van der Waals surface area contributed by atoms with E-state index in [9.17, 15) is 18.0 Å². The van der Waals surface area contributed by atoms with Gasteiger partial charge in [0.15, 0.2) is 5.82 Å². The van der Waals surface area contributed by atoms with Gasteiger partial charge < -0.3 is 14.8 Å². The molecule has 1 unspecified atom stereocenters. The Labute approximate surface area is 207 Å². The molecule has 1 fully saturated rings. The summed E-state index contributed by atoms with van der Waals surface area (Å²) >= 11 is 0. The van der Waals surface area contributed by atoms with Crippen molar-refractivity contribution in [2.24, 2.45) is 0 Å². The molecule has 5 aromatic heterocycles. The lowest BCUT2D eigenvalue weighted by Crippen LogP contribution is -2.51. The van der Waals surface area contributed by atoms with Crippen LogP contribution in [0.25, 0.3) is 17.2 Å². The predicted molar refractivity (Wildman–Crippen MR) is 124 cm³/mol. The third-order valence-corrected chi connectivity index (χ3v) is 6.29. The SMILES string of the molecule is O=C(c1c[nH]cn1)N1CCN(c2ccnc(-c3cnc4ccc(C(F)(F)F)cn34)n2)CC1c1cn[nH]c1. The van der Waals surface area contributed by atoms with E-state index in [2.05, 4.69) is 35.1 Å². The molecule has 1 aliphatic rings. The second kappa shape index (κ2) is 8.72. The molecule has 188 valence electrons. The molecular formula is C23H19F3N10O. The molecule has 5 aromatic rings. The van der Waals surface area contributed by atoms with Crippen molar-refractivity contribution < 1.29 is 18.0 Å². The number of nitrogens with zero attached hydrogens (tertiary/aromatic N) is 8. The number of aromatic amines is 2. The normalized spacial score (nSPS) is 16.5. The maximum absolute atomic E-state index is 13.3. The van der Waals surface area contributed by atoms with Crippen LogP contribution >= 0.6 is 0 Å². The maximum atomic E-state index is 13.3. The fourth-order valence-corrected chi connectivity index (χ4v) is 4.45. The number of nitrogens with one attached hydrogen (secondary N) is 2. The lowest BCUT2D eigenvalue weighted by Gasteiger charge is -2.41. The van der Waals surface area contributed by atoms with Gasteiger partial charge >= 0.3 is 6.18 Å². The van der Waals surface area contributed by atoms with Crippen LogP contribution in [0.15, 0.2) is 61.7 Å². The number of H-pyrrole nitrogens is 2. The van der Waals surface area contributed by atoms with Gasteiger partial charge in [-0.15, -0.1) is 0 Å². The highest BCUT2D eigenvalue weighted by atomic mass is 19.4. The Morgan fingerprint density at radius 1 is 1.05 bits per heavy atom. The van der Waals surface area contributed by atoms with Crippen molar-refractivity contribution in [3.8, 4) is 11.5 Å². The highest BCUT2D eigenvalue weighted by Crippen LogP contribution is 2.32. The first kappa shape index (κ1) is 22.7. The molecule has 0 spiro atoms. The molecule has 2 N–H and O–H groups in total. The average Bonchev–Trinajstić information content (AvgIpc) is 3.69. The molecule has 0 aromatic carbocycles. The van der Waals surface area contributed by atoms with Crippen molar-refractivity contribution in [3.05, 3.63) is 78.5 Å². The van der Waals surface area contributed by atoms with E-state index in [-0.39, 0.29) is 17.8 Å². The minimum atomic E-state index is -4.49. The number of hydrogen-bond acceptors (Lipinski definition) is 7. The summed E-state index contributed by atoms with van der Waals surface area (Å²) in [5, 5.41) is 6.83. The number of anilines is 1. The highest BCUT2D eigenvalue weighted by Gasteiger charge is 2.34. The lowest BCUT2D eigenvalue weighted by molar-refractivity contribution is -0.137. The summed E-state index contributed by atoms with van der Waals surface area (Å²) in [6, 6.07) is 3.69. The van der Waals surface area contributed by atoms with Gasteiger partial charge in [0.25, 0.3) is 5.91 Å². The van der Waals surface area contributed by atoms with Crippen LogP contribution in [0.3, 0.4) is 0 Å². The summed E-state index contributed by atoms with van der Waals surface area (Å²) in [6.45, 7) is 1.29. The van der Waals surface area contributed by atoms with E-state index in [1.165, 1.54) is 23.0 Å². The molecular weight excluding hydrogens is 489 g/mol. The number of aromatic nitrogens is 8. The standard InChI is InChI=1S/C23H19F3N10O/c24-23(25,26)15-1-2-19-29-10-17(36(19)11-15)21-28-4-3-20(33-21)34-5-6-35(22(37)16-9-27-13-30-16)18(12-34)14-7-31-32-8-14/h1-4,7-11,13,18H,5-6,12H2,(H,27,30)(H,31,32). The first-order valence-corrected chi connectivity index (χ1v) is 11.3. The summed E-state index contributed by atoms with van der Waals surface area (Å²) < 4.78 is 41.2.